The minimum absolute atomic E-state index is 0.0693. The maximum absolute atomic E-state index is 12.7. The van der Waals surface area contributed by atoms with Gasteiger partial charge in [0.25, 0.3) is 5.91 Å². The molecule has 2 aromatic rings. The van der Waals surface area contributed by atoms with Crippen LogP contribution in [0.5, 0.6) is 0 Å². The molecular weight excluding hydrogens is 368 g/mol. The zero-order valence-electron chi connectivity index (χ0n) is 12.9. The summed E-state index contributed by atoms with van der Waals surface area (Å²) in [6.45, 7) is 1.32. The number of halogens is 1. The van der Waals surface area contributed by atoms with Gasteiger partial charge < -0.3 is 10.0 Å². The molecule has 5 nitrogen and oxygen atoms in total. The van der Waals surface area contributed by atoms with Crippen molar-refractivity contribution in [3.63, 3.8) is 0 Å². The van der Waals surface area contributed by atoms with Gasteiger partial charge in [-0.05, 0) is 37.3 Å². The molecule has 1 amide bonds. The fourth-order valence-electron chi connectivity index (χ4n) is 2.89. The monoisotopic (exact) mass is 384 g/mol. The largest absolute Gasteiger partial charge is 0.481 e. The van der Waals surface area contributed by atoms with Crippen molar-refractivity contribution in [2.24, 2.45) is 5.92 Å². The molecule has 8 heteroatoms. The summed E-state index contributed by atoms with van der Waals surface area (Å²) in [4.78, 5) is 30.6. The second kappa shape index (κ2) is 7.63. The van der Waals surface area contributed by atoms with E-state index in [2.05, 4.69) is 4.98 Å². The topological polar surface area (TPSA) is 70.5 Å². The van der Waals surface area contributed by atoms with E-state index in [1.807, 2.05) is 12.1 Å². The van der Waals surface area contributed by atoms with Crippen LogP contribution in [0.15, 0.2) is 17.5 Å². The maximum Gasteiger partial charge on any atom is 0.303 e. The molecular formula is C16H17ClN2O3S2. The van der Waals surface area contributed by atoms with Crippen LogP contribution >= 0.6 is 34.3 Å². The second-order valence-electron chi connectivity index (χ2n) is 5.83. The number of likely N-dealkylation sites (tertiary alicyclic amines) is 1. The van der Waals surface area contributed by atoms with Gasteiger partial charge in [0.05, 0.1) is 9.21 Å². The van der Waals surface area contributed by atoms with Crippen LogP contribution in [0, 0.1) is 5.92 Å². The fraction of sp³-hybridized carbons (Fsp3) is 0.438. The SMILES string of the molecule is O=C(O)CCC1CCCN(C(=O)c2csc(-c3ccc(Cl)s3)n2)C1. The van der Waals surface area contributed by atoms with Gasteiger partial charge in [-0.2, -0.15) is 0 Å². The number of thiazole rings is 1. The molecule has 1 fully saturated rings. The summed E-state index contributed by atoms with van der Waals surface area (Å²) in [6, 6.07) is 3.73. The Balaban J connectivity index is 1.65. The number of piperidine rings is 1. The van der Waals surface area contributed by atoms with Crippen molar-refractivity contribution in [3.8, 4) is 9.88 Å². The Morgan fingerprint density at radius 3 is 2.96 bits per heavy atom. The van der Waals surface area contributed by atoms with Crippen LogP contribution in [0.2, 0.25) is 4.34 Å². The predicted octanol–water partition coefficient (Wildman–Crippen LogP) is 4.24. The molecule has 0 aliphatic carbocycles. The summed E-state index contributed by atoms with van der Waals surface area (Å²) >= 11 is 8.83. The fourth-order valence-corrected chi connectivity index (χ4v) is 4.80. The maximum atomic E-state index is 12.7. The quantitative estimate of drug-likeness (QED) is 0.836. The van der Waals surface area contributed by atoms with Gasteiger partial charge in [-0.15, -0.1) is 22.7 Å². The molecule has 128 valence electrons. The molecule has 0 aromatic carbocycles. The molecule has 3 rings (SSSR count). The minimum Gasteiger partial charge on any atom is -0.481 e. The van der Waals surface area contributed by atoms with Crippen molar-refractivity contribution < 1.29 is 14.7 Å². The number of thiophene rings is 1. The van der Waals surface area contributed by atoms with Crippen LogP contribution < -0.4 is 0 Å². The molecule has 0 saturated carbocycles. The van der Waals surface area contributed by atoms with Crippen LogP contribution in [0.3, 0.4) is 0 Å². The van der Waals surface area contributed by atoms with E-state index in [-0.39, 0.29) is 18.2 Å². The van der Waals surface area contributed by atoms with E-state index in [9.17, 15) is 9.59 Å². The summed E-state index contributed by atoms with van der Waals surface area (Å²) < 4.78 is 0.699. The number of carbonyl (C=O) groups is 2. The highest BCUT2D eigenvalue weighted by molar-refractivity contribution is 7.23. The van der Waals surface area contributed by atoms with E-state index in [1.165, 1.54) is 22.7 Å². The number of hydrogen-bond acceptors (Lipinski definition) is 5. The first kappa shape index (κ1) is 17.4. The number of amides is 1. The van der Waals surface area contributed by atoms with Crippen molar-refractivity contribution in [1.82, 2.24) is 9.88 Å². The van der Waals surface area contributed by atoms with Gasteiger partial charge in [-0.3, -0.25) is 9.59 Å². The van der Waals surface area contributed by atoms with E-state index in [1.54, 1.807) is 10.3 Å². The van der Waals surface area contributed by atoms with E-state index < -0.39 is 5.97 Å². The van der Waals surface area contributed by atoms with Gasteiger partial charge in [0.2, 0.25) is 0 Å². The highest BCUT2D eigenvalue weighted by atomic mass is 35.5. The van der Waals surface area contributed by atoms with Gasteiger partial charge >= 0.3 is 5.97 Å². The Morgan fingerprint density at radius 1 is 1.42 bits per heavy atom. The molecule has 2 aromatic heterocycles. The van der Waals surface area contributed by atoms with Gasteiger partial charge in [0, 0.05) is 24.9 Å². The third kappa shape index (κ3) is 4.15. The van der Waals surface area contributed by atoms with Crippen LogP contribution in [0.1, 0.15) is 36.2 Å². The first-order chi connectivity index (χ1) is 11.5. The number of hydrogen-bond donors (Lipinski definition) is 1. The molecule has 24 heavy (non-hydrogen) atoms. The summed E-state index contributed by atoms with van der Waals surface area (Å²) in [5, 5.41) is 11.4. The second-order valence-corrected chi connectivity index (χ2v) is 8.41. The number of rotatable bonds is 5. The average molecular weight is 385 g/mol. The van der Waals surface area contributed by atoms with E-state index in [0.717, 1.165) is 22.7 Å². The normalized spacial score (nSPS) is 17.9. The van der Waals surface area contributed by atoms with Crippen molar-refractivity contribution >= 4 is 46.2 Å². The van der Waals surface area contributed by atoms with Crippen molar-refractivity contribution in [2.75, 3.05) is 13.1 Å². The van der Waals surface area contributed by atoms with Gasteiger partial charge in [-0.25, -0.2) is 4.98 Å². The zero-order valence-corrected chi connectivity index (χ0v) is 15.3. The Labute approximate surface area is 152 Å². The van der Waals surface area contributed by atoms with Crippen LogP contribution in [-0.4, -0.2) is 40.0 Å². The zero-order chi connectivity index (χ0) is 17.1. The summed E-state index contributed by atoms with van der Waals surface area (Å²) in [5.74, 6) is -0.592. The molecule has 1 saturated heterocycles. The van der Waals surface area contributed by atoms with E-state index >= 15 is 0 Å². The number of carboxylic acids is 1. The van der Waals surface area contributed by atoms with Gasteiger partial charge in [-0.1, -0.05) is 11.6 Å². The number of carboxylic acid groups (broad SMARTS) is 1. The van der Waals surface area contributed by atoms with Crippen LogP contribution in [-0.2, 0) is 4.79 Å². The third-order valence-corrected chi connectivity index (χ3v) is 6.32. The summed E-state index contributed by atoms with van der Waals surface area (Å²) in [7, 11) is 0. The van der Waals surface area contributed by atoms with E-state index in [0.29, 0.717) is 29.5 Å². The number of aliphatic carboxylic acids is 1. The molecule has 0 spiro atoms. The molecule has 1 atom stereocenters. The lowest BCUT2D eigenvalue weighted by Crippen LogP contribution is -2.40. The highest BCUT2D eigenvalue weighted by Crippen LogP contribution is 2.33. The summed E-state index contributed by atoms with van der Waals surface area (Å²) in [6.07, 6.45) is 2.67. The standard InChI is InChI=1S/C16H17ClN2O3S2/c17-13-5-4-12(24-13)15-18-11(9-23-15)16(22)19-7-1-2-10(8-19)3-6-14(20)21/h4-5,9-10H,1-3,6-8H2,(H,20,21). The smallest absolute Gasteiger partial charge is 0.303 e. The lowest BCUT2D eigenvalue weighted by Gasteiger charge is -2.32. The number of carbonyl (C=O) groups excluding carboxylic acids is 1. The Morgan fingerprint density at radius 2 is 2.25 bits per heavy atom. The minimum atomic E-state index is -0.780. The van der Waals surface area contributed by atoms with Gasteiger partial charge in [0.15, 0.2) is 0 Å². The van der Waals surface area contributed by atoms with Crippen molar-refractivity contribution in [1.29, 1.82) is 0 Å². The first-order valence-corrected chi connectivity index (χ1v) is 9.82. The third-order valence-electron chi connectivity index (χ3n) is 4.08. The predicted molar refractivity (Wildman–Crippen MR) is 95.9 cm³/mol. The van der Waals surface area contributed by atoms with Crippen LogP contribution in [0.25, 0.3) is 9.88 Å². The Hall–Kier alpha value is -1.44. The van der Waals surface area contributed by atoms with Gasteiger partial charge in [0.1, 0.15) is 10.7 Å². The number of nitrogens with zero attached hydrogens (tertiary/aromatic N) is 2. The molecule has 0 bridgehead atoms. The molecule has 0 radical (unpaired) electrons. The highest BCUT2D eigenvalue weighted by Gasteiger charge is 2.26. The molecule has 1 N–H and O–H groups in total. The lowest BCUT2D eigenvalue weighted by atomic mass is 9.93. The van der Waals surface area contributed by atoms with Crippen molar-refractivity contribution in [3.05, 3.63) is 27.5 Å². The van der Waals surface area contributed by atoms with Crippen molar-refractivity contribution in [2.45, 2.75) is 25.7 Å². The molecule has 1 unspecified atom stereocenters. The molecule has 3 heterocycles. The lowest BCUT2D eigenvalue weighted by molar-refractivity contribution is -0.137. The van der Waals surface area contributed by atoms with Crippen LogP contribution in [0.4, 0.5) is 0 Å². The molecule has 1 aliphatic rings. The Bertz CT molecular complexity index is 743. The summed E-state index contributed by atoms with van der Waals surface area (Å²) in [5.41, 5.74) is 0.457. The average Bonchev–Trinajstić information content (AvgIpc) is 3.21. The molecule has 1 aliphatic heterocycles. The Kier molecular flexibility index (Phi) is 5.53. The van der Waals surface area contributed by atoms with E-state index in [4.69, 9.17) is 16.7 Å². The first-order valence-electron chi connectivity index (χ1n) is 7.75. The number of aromatic nitrogens is 1.